The number of anilines is 1. The smallest absolute Gasteiger partial charge is 0.363 e. The van der Waals surface area contributed by atoms with E-state index in [9.17, 15) is 9.59 Å². The molecule has 0 aliphatic carbocycles. The van der Waals surface area contributed by atoms with Gasteiger partial charge in [0.25, 0.3) is 5.91 Å². The predicted octanol–water partition coefficient (Wildman–Crippen LogP) is 4.68. The fourth-order valence-electron chi connectivity index (χ4n) is 3.47. The van der Waals surface area contributed by atoms with Crippen LogP contribution in [0.3, 0.4) is 0 Å². The van der Waals surface area contributed by atoms with Gasteiger partial charge in [-0.1, -0.05) is 12.1 Å². The Bertz CT molecular complexity index is 1360. The molecule has 0 bridgehead atoms. The van der Waals surface area contributed by atoms with E-state index in [1.807, 2.05) is 32.0 Å². The largest absolute Gasteiger partial charge is 0.497 e. The first kappa shape index (κ1) is 24.5. The average molecular weight is 487 g/mol. The third-order valence-corrected chi connectivity index (χ3v) is 5.60. The summed E-state index contributed by atoms with van der Waals surface area (Å²) in [5, 5.41) is 2.75. The van der Waals surface area contributed by atoms with Gasteiger partial charge in [-0.2, -0.15) is 0 Å². The minimum atomic E-state index is -0.530. The van der Waals surface area contributed by atoms with Gasteiger partial charge in [-0.05, 0) is 85.1 Å². The Morgan fingerprint density at radius 3 is 2.42 bits per heavy atom. The molecule has 0 saturated carbocycles. The second-order valence-corrected chi connectivity index (χ2v) is 8.11. The Labute approximate surface area is 209 Å². The molecule has 1 N–H and O–H groups in total. The van der Waals surface area contributed by atoms with Crippen molar-refractivity contribution in [2.45, 2.75) is 13.8 Å². The maximum atomic E-state index is 12.4. The lowest BCUT2D eigenvalue weighted by molar-refractivity contribution is -0.130. The molecule has 0 saturated heterocycles. The first-order chi connectivity index (χ1) is 17.4. The molecule has 0 unspecified atom stereocenters. The molecule has 0 atom stereocenters. The van der Waals surface area contributed by atoms with Crippen LogP contribution < -0.4 is 19.5 Å². The Balaban J connectivity index is 1.44. The van der Waals surface area contributed by atoms with E-state index in [4.69, 9.17) is 18.9 Å². The SMILES string of the molecule is COc1ccc(NC(=O)COc2ccc(C=C3N=C(c4ccc(C)c(C)c4)OC3=O)cc2OC)cc1. The summed E-state index contributed by atoms with van der Waals surface area (Å²) in [5.74, 6) is 0.906. The summed E-state index contributed by atoms with van der Waals surface area (Å²) in [4.78, 5) is 29.0. The van der Waals surface area contributed by atoms with Crippen LogP contribution in [0.15, 0.2) is 71.4 Å². The molecule has 1 aliphatic rings. The number of aliphatic imine (C=N–C) groups is 1. The summed E-state index contributed by atoms with van der Waals surface area (Å²) in [7, 11) is 3.07. The summed E-state index contributed by atoms with van der Waals surface area (Å²) in [5.41, 5.74) is 4.44. The predicted molar refractivity (Wildman–Crippen MR) is 137 cm³/mol. The fraction of sp³-hybridized carbons (Fsp3) is 0.179. The molecule has 0 fully saturated rings. The van der Waals surface area contributed by atoms with Crippen molar-refractivity contribution in [3.05, 3.63) is 88.6 Å². The van der Waals surface area contributed by atoms with Gasteiger partial charge in [-0.15, -0.1) is 0 Å². The van der Waals surface area contributed by atoms with E-state index in [-0.39, 0.29) is 24.1 Å². The van der Waals surface area contributed by atoms with E-state index < -0.39 is 5.97 Å². The minimum Gasteiger partial charge on any atom is -0.497 e. The number of aryl methyl sites for hydroxylation is 2. The highest BCUT2D eigenvalue weighted by molar-refractivity contribution is 6.13. The molecule has 184 valence electrons. The van der Waals surface area contributed by atoms with Crippen LogP contribution >= 0.6 is 0 Å². The van der Waals surface area contributed by atoms with Crippen LogP contribution in [0.5, 0.6) is 17.2 Å². The van der Waals surface area contributed by atoms with Crippen LogP contribution in [0.2, 0.25) is 0 Å². The van der Waals surface area contributed by atoms with Crippen molar-refractivity contribution in [3.63, 3.8) is 0 Å². The molecule has 1 amide bonds. The molecule has 8 nitrogen and oxygen atoms in total. The summed E-state index contributed by atoms with van der Waals surface area (Å²) >= 11 is 0. The van der Waals surface area contributed by atoms with Crippen molar-refractivity contribution < 1.29 is 28.5 Å². The van der Waals surface area contributed by atoms with Crippen molar-refractivity contribution >= 4 is 29.5 Å². The molecule has 1 heterocycles. The number of benzene rings is 3. The molecule has 0 radical (unpaired) electrons. The maximum Gasteiger partial charge on any atom is 0.363 e. The minimum absolute atomic E-state index is 0.179. The highest BCUT2D eigenvalue weighted by atomic mass is 16.6. The fourth-order valence-corrected chi connectivity index (χ4v) is 3.47. The van der Waals surface area contributed by atoms with Gasteiger partial charge >= 0.3 is 5.97 Å². The zero-order chi connectivity index (χ0) is 25.7. The zero-order valence-electron chi connectivity index (χ0n) is 20.5. The first-order valence-electron chi connectivity index (χ1n) is 11.2. The van der Waals surface area contributed by atoms with Crippen LogP contribution in [-0.4, -0.2) is 38.6 Å². The Hall–Kier alpha value is -4.59. The van der Waals surface area contributed by atoms with Gasteiger partial charge in [-0.3, -0.25) is 4.79 Å². The van der Waals surface area contributed by atoms with Crippen LogP contribution in [0.4, 0.5) is 5.69 Å². The number of hydrogen-bond acceptors (Lipinski definition) is 7. The van der Waals surface area contributed by atoms with E-state index in [1.54, 1.807) is 55.7 Å². The molecular weight excluding hydrogens is 460 g/mol. The second-order valence-electron chi connectivity index (χ2n) is 8.11. The van der Waals surface area contributed by atoms with E-state index in [0.717, 1.165) is 16.7 Å². The number of methoxy groups -OCH3 is 2. The average Bonchev–Trinajstić information content (AvgIpc) is 3.25. The molecule has 3 aromatic carbocycles. The molecular formula is C28H26N2O6. The molecule has 3 aromatic rings. The Morgan fingerprint density at radius 1 is 0.944 bits per heavy atom. The van der Waals surface area contributed by atoms with Gasteiger partial charge < -0.3 is 24.3 Å². The number of rotatable bonds is 8. The molecule has 8 heteroatoms. The van der Waals surface area contributed by atoms with Crippen molar-refractivity contribution in [2.75, 3.05) is 26.1 Å². The van der Waals surface area contributed by atoms with E-state index in [2.05, 4.69) is 10.3 Å². The van der Waals surface area contributed by atoms with Gasteiger partial charge in [0.1, 0.15) is 5.75 Å². The number of cyclic esters (lactones) is 1. The van der Waals surface area contributed by atoms with Gasteiger partial charge in [0, 0.05) is 11.3 Å². The second kappa shape index (κ2) is 10.8. The van der Waals surface area contributed by atoms with E-state index in [1.165, 1.54) is 7.11 Å². The number of carbonyl (C=O) groups excluding carboxylic acids is 2. The molecule has 36 heavy (non-hydrogen) atoms. The van der Waals surface area contributed by atoms with Crippen LogP contribution in [-0.2, 0) is 14.3 Å². The third kappa shape index (κ3) is 5.72. The molecule has 1 aliphatic heterocycles. The monoisotopic (exact) mass is 486 g/mol. The van der Waals surface area contributed by atoms with Gasteiger partial charge in [-0.25, -0.2) is 9.79 Å². The number of nitrogens with one attached hydrogen (secondary N) is 1. The van der Waals surface area contributed by atoms with E-state index >= 15 is 0 Å². The Morgan fingerprint density at radius 2 is 1.72 bits per heavy atom. The number of carbonyl (C=O) groups is 2. The topological polar surface area (TPSA) is 95.5 Å². The van der Waals surface area contributed by atoms with Gasteiger partial charge in [0.2, 0.25) is 5.90 Å². The lowest BCUT2D eigenvalue weighted by Gasteiger charge is -2.12. The molecule has 4 rings (SSSR count). The standard InChI is InChI=1S/C28H26N2O6/c1-17-5-7-20(13-18(17)2)27-30-23(28(32)36-27)14-19-6-12-24(25(15-19)34-4)35-16-26(31)29-21-8-10-22(33-3)11-9-21/h5-15H,16H2,1-4H3,(H,29,31). The van der Waals surface area contributed by atoms with Crippen molar-refractivity contribution in [2.24, 2.45) is 4.99 Å². The first-order valence-corrected chi connectivity index (χ1v) is 11.2. The summed E-state index contributed by atoms with van der Waals surface area (Å²) in [6.45, 7) is 3.80. The number of esters is 1. The third-order valence-electron chi connectivity index (χ3n) is 5.60. The lowest BCUT2D eigenvalue weighted by atomic mass is 10.1. The summed E-state index contributed by atoms with van der Waals surface area (Å²) in [6.07, 6.45) is 1.61. The van der Waals surface area contributed by atoms with Crippen LogP contribution in [0.25, 0.3) is 6.08 Å². The lowest BCUT2D eigenvalue weighted by Crippen LogP contribution is -2.20. The summed E-state index contributed by atoms with van der Waals surface area (Å²) < 4.78 is 21.5. The quantitative estimate of drug-likeness (QED) is 0.367. The zero-order valence-corrected chi connectivity index (χ0v) is 20.5. The van der Waals surface area contributed by atoms with Gasteiger partial charge in [0.15, 0.2) is 23.8 Å². The van der Waals surface area contributed by atoms with Crippen LogP contribution in [0, 0.1) is 13.8 Å². The molecule has 0 spiro atoms. The van der Waals surface area contributed by atoms with Crippen LogP contribution in [0.1, 0.15) is 22.3 Å². The van der Waals surface area contributed by atoms with Crippen molar-refractivity contribution in [3.8, 4) is 17.2 Å². The number of amides is 1. The number of hydrogen-bond donors (Lipinski definition) is 1. The number of ether oxygens (including phenoxy) is 4. The number of nitrogens with zero attached hydrogens (tertiary/aromatic N) is 1. The highest BCUT2D eigenvalue weighted by Gasteiger charge is 2.24. The highest BCUT2D eigenvalue weighted by Crippen LogP contribution is 2.30. The Kier molecular flexibility index (Phi) is 7.34. The van der Waals surface area contributed by atoms with Crippen molar-refractivity contribution in [1.29, 1.82) is 0 Å². The van der Waals surface area contributed by atoms with Gasteiger partial charge in [0.05, 0.1) is 14.2 Å². The summed E-state index contributed by atoms with van der Waals surface area (Å²) in [6, 6.07) is 17.8. The van der Waals surface area contributed by atoms with Crippen molar-refractivity contribution in [1.82, 2.24) is 0 Å². The molecule has 0 aromatic heterocycles. The maximum absolute atomic E-state index is 12.4. The normalized spacial score (nSPS) is 13.7. The van der Waals surface area contributed by atoms with E-state index in [0.29, 0.717) is 28.5 Å².